The number of aromatic nitrogens is 7. The molecule has 9 nitrogen and oxygen atoms in total. The van der Waals surface area contributed by atoms with Gasteiger partial charge in [0, 0.05) is 29.9 Å². The van der Waals surface area contributed by atoms with Crippen molar-refractivity contribution in [1.82, 2.24) is 35.1 Å². The Hall–Kier alpha value is -4.99. The summed E-state index contributed by atoms with van der Waals surface area (Å²) < 4.78 is 14.1. The number of anilines is 1. The van der Waals surface area contributed by atoms with Crippen molar-refractivity contribution < 1.29 is 9.18 Å². The number of nitrogens with one attached hydrogen (secondary N) is 3. The van der Waals surface area contributed by atoms with Gasteiger partial charge in [0.15, 0.2) is 17.2 Å². The number of aryl methyl sites for hydroxylation is 1. The van der Waals surface area contributed by atoms with Gasteiger partial charge in [-0.05, 0) is 54.4 Å². The van der Waals surface area contributed by atoms with Crippen molar-refractivity contribution in [2.45, 2.75) is 20.3 Å². The summed E-state index contributed by atoms with van der Waals surface area (Å²) in [5, 5.41) is 10.3. The highest BCUT2D eigenvalue weighted by Gasteiger charge is 2.18. The van der Waals surface area contributed by atoms with Crippen LogP contribution in [0.15, 0.2) is 61.1 Å². The van der Waals surface area contributed by atoms with E-state index in [0.717, 1.165) is 27.8 Å². The maximum atomic E-state index is 14.1. The van der Waals surface area contributed by atoms with Gasteiger partial charge < -0.3 is 10.3 Å². The van der Waals surface area contributed by atoms with Gasteiger partial charge in [0.1, 0.15) is 11.3 Å². The van der Waals surface area contributed by atoms with Crippen LogP contribution in [0.4, 0.5) is 10.1 Å². The predicted octanol–water partition coefficient (Wildman–Crippen LogP) is 5.42. The molecule has 6 rings (SSSR count). The van der Waals surface area contributed by atoms with Crippen molar-refractivity contribution in [3.05, 3.63) is 72.4 Å². The Morgan fingerprint density at radius 1 is 1.05 bits per heavy atom. The van der Waals surface area contributed by atoms with Crippen molar-refractivity contribution in [2.24, 2.45) is 0 Å². The molecule has 182 valence electrons. The second-order valence-corrected chi connectivity index (χ2v) is 8.69. The van der Waals surface area contributed by atoms with Crippen LogP contribution >= 0.6 is 0 Å². The molecule has 0 aliphatic rings. The fourth-order valence-corrected chi connectivity index (χ4v) is 4.28. The zero-order valence-electron chi connectivity index (χ0n) is 20.0. The number of carbonyl (C=O) groups excluding carboxylic acids is 1. The monoisotopic (exact) mass is 492 g/mol. The lowest BCUT2D eigenvalue weighted by atomic mass is 10.0. The Balaban J connectivity index is 1.43. The highest BCUT2D eigenvalue weighted by atomic mass is 19.1. The summed E-state index contributed by atoms with van der Waals surface area (Å²) in [6.07, 6.45) is 5.31. The molecule has 37 heavy (non-hydrogen) atoms. The number of carbonyl (C=O) groups is 1. The third-order valence-electron chi connectivity index (χ3n) is 6.02. The zero-order chi connectivity index (χ0) is 25.5. The minimum Gasteiger partial charge on any atom is -0.335 e. The van der Waals surface area contributed by atoms with Crippen molar-refractivity contribution in [2.75, 3.05) is 5.32 Å². The number of hydrogen-bond donors (Lipinski definition) is 3. The average molecular weight is 493 g/mol. The van der Waals surface area contributed by atoms with Gasteiger partial charge in [-0.15, -0.1) is 0 Å². The van der Waals surface area contributed by atoms with E-state index in [1.54, 1.807) is 25.5 Å². The van der Waals surface area contributed by atoms with Gasteiger partial charge in [-0.25, -0.2) is 19.3 Å². The van der Waals surface area contributed by atoms with Gasteiger partial charge in [-0.2, -0.15) is 5.10 Å². The van der Waals surface area contributed by atoms with Crippen LogP contribution in [-0.4, -0.2) is 41.0 Å². The number of pyridine rings is 3. The van der Waals surface area contributed by atoms with Gasteiger partial charge >= 0.3 is 0 Å². The van der Waals surface area contributed by atoms with E-state index in [9.17, 15) is 9.18 Å². The molecule has 0 spiro atoms. The first-order valence-electron chi connectivity index (χ1n) is 11.7. The van der Waals surface area contributed by atoms with E-state index in [1.807, 2.05) is 37.3 Å². The number of amides is 1. The van der Waals surface area contributed by atoms with Crippen LogP contribution in [0.5, 0.6) is 0 Å². The summed E-state index contributed by atoms with van der Waals surface area (Å²) in [7, 11) is 0. The molecule has 0 aliphatic carbocycles. The maximum absolute atomic E-state index is 14.1. The topological polar surface area (TPSA) is 125 Å². The van der Waals surface area contributed by atoms with E-state index in [4.69, 9.17) is 4.98 Å². The maximum Gasteiger partial charge on any atom is 0.224 e. The second kappa shape index (κ2) is 8.90. The van der Waals surface area contributed by atoms with E-state index in [0.29, 0.717) is 46.0 Å². The Morgan fingerprint density at radius 3 is 2.78 bits per heavy atom. The van der Waals surface area contributed by atoms with Crippen LogP contribution in [0.1, 0.15) is 18.9 Å². The largest absolute Gasteiger partial charge is 0.335 e. The Labute approximate surface area is 210 Å². The van der Waals surface area contributed by atoms with E-state index < -0.39 is 0 Å². The van der Waals surface area contributed by atoms with Crippen molar-refractivity contribution in [3.63, 3.8) is 0 Å². The molecule has 5 heterocycles. The molecule has 0 fully saturated rings. The molecule has 0 saturated heterocycles. The summed E-state index contributed by atoms with van der Waals surface area (Å²) in [6, 6.07) is 12.3. The molecule has 1 amide bonds. The lowest BCUT2D eigenvalue weighted by Crippen LogP contribution is -2.09. The van der Waals surface area contributed by atoms with Crippen LogP contribution in [0.2, 0.25) is 0 Å². The number of nitrogens with zero attached hydrogens (tertiary/aromatic N) is 5. The highest BCUT2D eigenvalue weighted by molar-refractivity contribution is 5.95. The first-order chi connectivity index (χ1) is 18.0. The van der Waals surface area contributed by atoms with Gasteiger partial charge in [-0.3, -0.25) is 14.9 Å². The molecule has 6 aromatic rings. The summed E-state index contributed by atoms with van der Waals surface area (Å²) in [5.74, 6) is 0.0920. The van der Waals surface area contributed by atoms with Crippen LogP contribution in [0, 0.1) is 12.7 Å². The van der Waals surface area contributed by atoms with Gasteiger partial charge in [0.2, 0.25) is 5.91 Å². The number of hydrogen-bond acceptors (Lipinski definition) is 6. The molecule has 0 saturated carbocycles. The van der Waals surface area contributed by atoms with Crippen LogP contribution in [-0.2, 0) is 4.79 Å². The lowest BCUT2D eigenvalue weighted by molar-refractivity contribution is -0.115. The van der Waals surface area contributed by atoms with Gasteiger partial charge in [-0.1, -0.05) is 13.0 Å². The molecule has 1 aromatic carbocycles. The number of halogens is 1. The number of imidazole rings is 1. The van der Waals surface area contributed by atoms with Crippen LogP contribution < -0.4 is 5.32 Å². The number of fused-ring (bicyclic) bond motifs is 2. The molecule has 0 radical (unpaired) electrons. The van der Waals surface area contributed by atoms with E-state index >= 15 is 0 Å². The Bertz CT molecular complexity index is 1790. The standard InChI is InChI=1S/C27H21FN8O/c1-3-22(37)31-18-11-16(12-29-13-18)20-4-5-21-24(32-20)25(36-35-21)27-33-23-19(6-7-30-26(23)34-27)15-8-14(2)9-17(28)10-15/h4-13H,3H2,1-2H3,(H,31,37)(H,35,36)(H,30,33,34). The highest BCUT2D eigenvalue weighted by Crippen LogP contribution is 2.32. The summed E-state index contributed by atoms with van der Waals surface area (Å²) in [4.78, 5) is 33.2. The SMILES string of the molecule is CCC(=O)Nc1cncc(-c2ccc3[nH]nc(-c4nc5nccc(-c6cc(C)cc(F)c6)c5[nH]4)c3n2)c1. The smallest absolute Gasteiger partial charge is 0.224 e. The number of aromatic amines is 2. The molecule has 5 aromatic heterocycles. The fourth-order valence-electron chi connectivity index (χ4n) is 4.28. The molecule has 10 heteroatoms. The molecule has 0 unspecified atom stereocenters. The molecule has 0 atom stereocenters. The van der Waals surface area contributed by atoms with Crippen LogP contribution in [0.25, 0.3) is 56.1 Å². The predicted molar refractivity (Wildman–Crippen MR) is 139 cm³/mol. The molecule has 0 aliphatic heterocycles. The number of benzene rings is 1. The number of H-pyrrole nitrogens is 2. The minimum atomic E-state index is -0.303. The average Bonchev–Trinajstić information content (AvgIpc) is 3.51. The second-order valence-electron chi connectivity index (χ2n) is 8.69. The molecule has 3 N–H and O–H groups in total. The molecular weight excluding hydrogens is 471 g/mol. The number of rotatable bonds is 5. The van der Waals surface area contributed by atoms with Crippen molar-refractivity contribution >= 4 is 33.8 Å². The normalized spacial score (nSPS) is 11.3. The summed E-state index contributed by atoms with van der Waals surface area (Å²) in [6.45, 7) is 3.64. The first kappa shape index (κ1) is 22.5. The van der Waals surface area contributed by atoms with E-state index in [2.05, 4.69) is 35.5 Å². The summed E-state index contributed by atoms with van der Waals surface area (Å²) >= 11 is 0. The van der Waals surface area contributed by atoms with Crippen molar-refractivity contribution in [1.29, 1.82) is 0 Å². The molecular formula is C27H21FN8O. The third-order valence-corrected chi connectivity index (χ3v) is 6.02. The first-order valence-corrected chi connectivity index (χ1v) is 11.7. The van der Waals surface area contributed by atoms with E-state index in [1.165, 1.54) is 12.1 Å². The lowest BCUT2D eigenvalue weighted by Gasteiger charge is -2.06. The Morgan fingerprint density at radius 2 is 1.95 bits per heavy atom. The van der Waals surface area contributed by atoms with Gasteiger partial charge in [0.05, 0.1) is 28.6 Å². The quantitative estimate of drug-likeness (QED) is 0.295. The molecule has 0 bridgehead atoms. The van der Waals surface area contributed by atoms with E-state index in [-0.39, 0.29) is 11.7 Å². The fraction of sp³-hybridized carbons (Fsp3) is 0.111. The minimum absolute atomic E-state index is 0.0919. The van der Waals surface area contributed by atoms with Crippen molar-refractivity contribution in [3.8, 4) is 33.9 Å². The summed E-state index contributed by atoms with van der Waals surface area (Å²) in [5.41, 5.74) is 7.40. The van der Waals surface area contributed by atoms with Gasteiger partial charge in [0.25, 0.3) is 0 Å². The zero-order valence-corrected chi connectivity index (χ0v) is 20.0. The van der Waals surface area contributed by atoms with Crippen LogP contribution in [0.3, 0.4) is 0 Å². The third kappa shape index (κ3) is 4.18. The Kier molecular flexibility index (Phi) is 5.41.